The Morgan fingerprint density at radius 2 is 1.79 bits per heavy atom. The van der Waals surface area contributed by atoms with Crippen molar-refractivity contribution in [3.63, 3.8) is 0 Å². The first-order valence-corrected chi connectivity index (χ1v) is 14.2. The molecule has 0 saturated carbocycles. The van der Waals surface area contributed by atoms with E-state index in [0.29, 0.717) is 53.7 Å². The number of thiocarbonyl (C=S) groups is 1. The first-order chi connectivity index (χ1) is 18.2. The van der Waals surface area contributed by atoms with Gasteiger partial charge in [0, 0.05) is 26.2 Å². The first kappa shape index (κ1) is 28.7. The van der Waals surface area contributed by atoms with Crippen molar-refractivity contribution in [1.29, 1.82) is 0 Å². The van der Waals surface area contributed by atoms with Crippen molar-refractivity contribution in [2.75, 3.05) is 6.61 Å². The minimum Gasteiger partial charge on any atom is -0.490 e. The fraction of sp³-hybridized carbons (Fsp3) is 0.115. The number of hydrogen-bond acceptors (Lipinski definition) is 6. The zero-order valence-electron chi connectivity index (χ0n) is 19.6. The van der Waals surface area contributed by atoms with E-state index in [4.69, 9.17) is 56.5 Å². The highest BCUT2D eigenvalue weighted by molar-refractivity contribution is 9.10. The van der Waals surface area contributed by atoms with E-state index in [9.17, 15) is 9.59 Å². The standard InChI is InChI=1S/C26H18BrCl3N2O4S2/c1-2-35-21-10-14(9-19(27)23(21)36-13-16-5-8-18(29)12-20(16)30)11-22-25(34)32(26(37)38-22)31-24(33)15-3-6-17(28)7-4-15/h3-12H,2,13H2,1H3,(H,31,33)/b22-11-. The van der Waals surface area contributed by atoms with Crippen LogP contribution in [0.3, 0.4) is 0 Å². The summed E-state index contributed by atoms with van der Waals surface area (Å²) in [5, 5.41) is 2.58. The average molecular weight is 673 g/mol. The molecule has 0 bridgehead atoms. The van der Waals surface area contributed by atoms with Crippen LogP contribution in [0, 0.1) is 0 Å². The highest BCUT2D eigenvalue weighted by Crippen LogP contribution is 2.40. The van der Waals surface area contributed by atoms with Gasteiger partial charge in [-0.05, 0) is 95.2 Å². The second kappa shape index (κ2) is 12.7. The Morgan fingerprint density at radius 3 is 2.47 bits per heavy atom. The number of carbonyl (C=O) groups excluding carboxylic acids is 2. The van der Waals surface area contributed by atoms with Crippen molar-refractivity contribution >= 4 is 96.9 Å². The minimum atomic E-state index is -0.483. The molecule has 0 unspecified atom stereocenters. The van der Waals surface area contributed by atoms with Crippen LogP contribution in [0.5, 0.6) is 11.5 Å². The van der Waals surface area contributed by atoms with Crippen LogP contribution in [0.1, 0.15) is 28.4 Å². The summed E-state index contributed by atoms with van der Waals surface area (Å²) in [6, 6.07) is 15.0. The van der Waals surface area contributed by atoms with E-state index >= 15 is 0 Å². The molecule has 2 amide bonds. The van der Waals surface area contributed by atoms with E-state index in [0.717, 1.165) is 22.3 Å². The average Bonchev–Trinajstić information content (AvgIpc) is 3.12. The van der Waals surface area contributed by atoms with Gasteiger partial charge in [0.25, 0.3) is 11.8 Å². The van der Waals surface area contributed by atoms with E-state index in [2.05, 4.69) is 21.4 Å². The molecule has 1 saturated heterocycles. The normalized spacial score (nSPS) is 14.2. The molecule has 38 heavy (non-hydrogen) atoms. The number of hydrazine groups is 1. The Kier molecular flexibility index (Phi) is 9.62. The second-order valence-corrected chi connectivity index (χ2v) is 11.6. The molecule has 3 aromatic rings. The lowest BCUT2D eigenvalue weighted by molar-refractivity contribution is -0.123. The number of benzene rings is 3. The van der Waals surface area contributed by atoms with Crippen molar-refractivity contribution in [1.82, 2.24) is 10.4 Å². The van der Waals surface area contributed by atoms with Gasteiger partial charge in [0.15, 0.2) is 15.8 Å². The summed E-state index contributed by atoms with van der Waals surface area (Å²) < 4.78 is 12.6. The van der Waals surface area contributed by atoms with E-state index in [1.807, 2.05) is 6.92 Å². The lowest BCUT2D eigenvalue weighted by atomic mass is 10.1. The molecular formula is C26H18BrCl3N2O4S2. The third-order valence-corrected chi connectivity index (χ3v) is 7.86. The third-order valence-electron chi connectivity index (χ3n) is 5.13. The highest BCUT2D eigenvalue weighted by Gasteiger charge is 2.34. The predicted molar refractivity (Wildman–Crippen MR) is 160 cm³/mol. The maximum absolute atomic E-state index is 13.0. The molecular weight excluding hydrogens is 655 g/mol. The Hall–Kier alpha value is -2.27. The molecule has 3 aromatic carbocycles. The van der Waals surface area contributed by atoms with Crippen LogP contribution in [0.15, 0.2) is 64.0 Å². The zero-order valence-corrected chi connectivity index (χ0v) is 25.1. The van der Waals surface area contributed by atoms with E-state index in [-0.39, 0.29) is 10.9 Å². The van der Waals surface area contributed by atoms with Gasteiger partial charge in [0.1, 0.15) is 6.61 Å². The molecule has 6 nitrogen and oxygen atoms in total. The molecule has 0 aromatic heterocycles. The molecule has 196 valence electrons. The van der Waals surface area contributed by atoms with Gasteiger partial charge >= 0.3 is 0 Å². The van der Waals surface area contributed by atoms with Crippen LogP contribution in [-0.2, 0) is 11.4 Å². The van der Waals surface area contributed by atoms with Gasteiger partial charge in [-0.25, -0.2) is 0 Å². The van der Waals surface area contributed by atoms with Gasteiger partial charge < -0.3 is 9.47 Å². The van der Waals surface area contributed by atoms with Gasteiger partial charge in [-0.2, -0.15) is 5.01 Å². The van der Waals surface area contributed by atoms with E-state index in [1.54, 1.807) is 60.7 Å². The molecule has 1 heterocycles. The monoisotopic (exact) mass is 670 g/mol. The molecule has 1 fully saturated rings. The second-order valence-electron chi connectivity index (χ2n) is 7.75. The Labute approximate surface area is 252 Å². The number of amides is 2. The number of carbonyl (C=O) groups is 2. The summed E-state index contributed by atoms with van der Waals surface area (Å²) in [5.41, 5.74) is 4.32. The quantitative estimate of drug-likeness (QED) is 0.194. The van der Waals surface area contributed by atoms with Crippen LogP contribution >= 0.6 is 74.7 Å². The number of rotatable bonds is 8. The summed E-state index contributed by atoms with van der Waals surface area (Å²) in [4.78, 5) is 26.0. The summed E-state index contributed by atoms with van der Waals surface area (Å²) in [6.07, 6.45) is 1.67. The SMILES string of the molecule is CCOc1cc(/C=C2\SC(=S)N(NC(=O)c3ccc(Cl)cc3)C2=O)cc(Br)c1OCc1ccc(Cl)cc1Cl. The highest BCUT2D eigenvalue weighted by atomic mass is 79.9. The number of nitrogens with one attached hydrogen (secondary N) is 1. The fourth-order valence-electron chi connectivity index (χ4n) is 3.35. The molecule has 0 radical (unpaired) electrons. The Bertz CT molecular complexity index is 1450. The smallest absolute Gasteiger partial charge is 0.285 e. The van der Waals surface area contributed by atoms with Crippen molar-refractivity contribution in [2.45, 2.75) is 13.5 Å². The van der Waals surface area contributed by atoms with Gasteiger partial charge in [-0.3, -0.25) is 15.0 Å². The van der Waals surface area contributed by atoms with Crippen molar-refractivity contribution in [2.24, 2.45) is 0 Å². The van der Waals surface area contributed by atoms with Crippen molar-refractivity contribution in [3.8, 4) is 11.5 Å². The topological polar surface area (TPSA) is 67.9 Å². The lowest BCUT2D eigenvalue weighted by Crippen LogP contribution is -2.44. The fourth-order valence-corrected chi connectivity index (χ4v) is 5.69. The van der Waals surface area contributed by atoms with Crippen LogP contribution in [0.25, 0.3) is 6.08 Å². The number of ether oxygens (including phenoxy) is 2. The van der Waals surface area contributed by atoms with Gasteiger partial charge in [0.05, 0.1) is 16.0 Å². The lowest BCUT2D eigenvalue weighted by Gasteiger charge is -2.16. The molecule has 0 aliphatic carbocycles. The summed E-state index contributed by atoms with van der Waals surface area (Å²) in [5.74, 6) is 0.0273. The molecule has 1 aliphatic heterocycles. The number of thioether (sulfide) groups is 1. The van der Waals surface area contributed by atoms with Gasteiger partial charge in [-0.15, -0.1) is 0 Å². The molecule has 0 spiro atoms. The summed E-state index contributed by atoms with van der Waals surface area (Å²) in [7, 11) is 0. The minimum absolute atomic E-state index is 0.194. The molecule has 12 heteroatoms. The number of nitrogens with zero attached hydrogens (tertiary/aromatic N) is 1. The van der Waals surface area contributed by atoms with Crippen molar-refractivity contribution in [3.05, 3.63) is 95.7 Å². The Balaban J connectivity index is 1.53. The van der Waals surface area contributed by atoms with Gasteiger partial charge in [-0.1, -0.05) is 52.6 Å². The first-order valence-electron chi connectivity index (χ1n) is 11.0. The van der Waals surface area contributed by atoms with E-state index < -0.39 is 11.8 Å². The summed E-state index contributed by atoms with van der Waals surface area (Å²) >= 11 is 28.1. The Morgan fingerprint density at radius 1 is 1.08 bits per heavy atom. The molecule has 1 aliphatic rings. The van der Waals surface area contributed by atoms with Crippen LogP contribution in [0.4, 0.5) is 0 Å². The van der Waals surface area contributed by atoms with Crippen molar-refractivity contribution < 1.29 is 19.1 Å². The van der Waals surface area contributed by atoms with E-state index in [1.165, 1.54) is 0 Å². The summed E-state index contributed by atoms with van der Waals surface area (Å²) in [6.45, 7) is 2.45. The number of halogens is 4. The third kappa shape index (κ3) is 6.83. The molecule has 4 rings (SSSR count). The van der Waals surface area contributed by atoms with Gasteiger partial charge in [0.2, 0.25) is 0 Å². The van der Waals surface area contributed by atoms with Crippen LogP contribution in [0.2, 0.25) is 15.1 Å². The predicted octanol–water partition coefficient (Wildman–Crippen LogP) is 7.93. The number of hydrogen-bond donors (Lipinski definition) is 1. The molecule has 0 atom stereocenters. The largest absolute Gasteiger partial charge is 0.490 e. The van der Waals surface area contributed by atoms with Crippen LogP contribution < -0.4 is 14.9 Å². The zero-order chi connectivity index (χ0) is 27.4. The van der Waals surface area contributed by atoms with Crippen LogP contribution in [-0.4, -0.2) is 27.8 Å². The molecule has 1 N–H and O–H groups in total. The maximum atomic E-state index is 13.0. The maximum Gasteiger partial charge on any atom is 0.285 e.